The Labute approximate surface area is 66.3 Å². The van der Waals surface area contributed by atoms with Gasteiger partial charge in [0.25, 0.3) is 0 Å². The van der Waals surface area contributed by atoms with Crippen LogP contribution in [0.25, 0.3) is 0 Å². The molecule has 3 heteroatoms. The van der Waals surface area contributed by atoms with Gasteiger partial charge in [0, 0.05) is 6.42 Å². The predicted octanol–water partition coefficient (Wildman–Crippen LogP) is 1.41. The van der Waals surface area contributed by atoms with Crippen LogP contribution in [0.1, 0.15) is 19.8 Å². The van der Waals surface area contributed by atoms with Crippen LogP contribution < -0.4 is 0 Å². The van der Waals surface area contributed by atoms with Crippen molar-refractivity contribution in [1.82, 2.24) is 0 Å². The summed E-state index contributed by atoms with van der Waals surface area (Å²) in [5.74, 6) is -0.216. The van der Waals surface area contributed by atoms with Crippen molar-refractivity contribution in [3.8, 4) is 6.07 Å². The van der Waals surface area contributed by atoms with Crippen LogP contribution in [0.5, 0.6) is 0 Å². The highest BCUT2D eigenvalue weighted by atomic mass is 16.5. The lowest BCUT2D eigenvalue weighted by Gasteiger charge is -1.95. The normalized spacial score (nSPS) is 9.45. The van der Waals surface area contributed by atoms with Gasteiger partial charge in [0.05, 0.1) is 12.5 Å². The maximum atomic E-state index is 10.5. The van der Waals surface area contributed by atoms with Crippen LogP contribution in [0.2, 0.25) is 0 Å². The van der Waals surface area contributed by atoms with E-state index < -0.39 is 0 Å². The second kappa shape index (κ2) is 6.81. The molecule has 0 N–H and O–H groups in total. The zero-order valence-corrected chi connectivity index (χ0v) is 6.54. The Kier molecular flexibility index (Phi) is 6.01. The van der Waals surface area contributed by atoms with Crippen LogP contribution in [0.3, 0.4) is 0 Å². The first-order valence-electron chi connectivity index (χ1n) is 3.48. The molecular formula is C8H11NO2. The van der Waals surface area contributed by atoms with Gasteiger partial charge < -0.3 is 4.74 Å². The van der Waals surface area contributed by atoms with Crippen LogP contribution in [0.4, 0.5) is 0 Å². The molecule has 0 aliphatic heterocycles. The van der Waals surface area contributed by atoms with E-state index in [1.807, 2.05) is 6.07 Å². The van der Waals surface area contributed by atoms with Gasteiger partial charge in [-0.1, -0.05) is 19.1 Å². The number of ether oxygens (including phenoxy) is 1. The Morgan fingerprint density at radius 3 is 2.91 bits per heavy atom. The number of esters is 1. The summed E-state index contributed by atoms with van der Waals surface area (Å²) in [6.45, 7) is 2.01. The monoisotopic (exact) mass is 153 g/mol. The van der Waals surface area contributed by atoms with E-state index in [9.17, 15) is 4.79 Å². The number of carbonyl (C=O) groups is 1. The molecule has 0 amide bonds. The van der Waals surface area contributed by atoms with Gasteiger partial charge in [0.2, 0.25) is 0 Å². The number of allylic oxidation sites excluding steroid dienone is 1. The first-order valence-corrected chi connectivity index (χ1v) is 3.48. The Balaban J connectivity index is 3.28. The van der Waals surface area contributed by atoms with Gasteiger partial charge in [-0.05, 0) is 0 Å². The number of hydrogen-bond acceptors (Lipinski definition) is 3. The molecule has 0 aromatic rings. The molecule has 0 aromatic heterocycles. The van der Waals surface area contributed by atoms with Crippen molar-refractivity contribution < 1.29 is 9.53 Å². The second-order valence-electron chi connectivity index (χ2n) is 1.87. The first kappa shape index (κ1) is 9.70. The van der Waals surface area contributed by atoms with Gasteiger partial charge in [-0.25, -0.2) is 0 Å². The molecule has 0 saturated carbocycles. The average molecular weight is 153 g/mol. The lowest BCUT2D eigenvalue weighted by atomic mass is 10.4. The van der Waals surface area contributed by atoms with Crippen molar-refractivity contribution in [3.05, 3.63) is 12.2 Å². The third-order valence-corrected chi connectivity index (χ3v) is 1.01. The lowest BCUT2D eigenvalue weighted by molar-refractivity contribution is -0.141. The van der Waals surface area contributed by atoms with Crippen LogP contribution in [-0.2, 0) is 9.53 Å². The van der Waals surface area contributed by atoms with E-state index >= 15 is 0 Å². The zero-order valence-electron chi connectivity index (χ0n) is 6.54. The van der Waals surface area contributed by atoms with E-state index in [4.69, 9.17) is 10.00 Å². The number of nitriles is 1. The van der Waals surface area contributed by atoms with Gasteiger partial charge in [0.15, 0.2) is 0 Å². The van der Waals surface area contributed by atoms with Gasteiger partial charge >= 0.3 is 5.97 Å². The fourth-order valence-corrected chi connectivity index (χ4v) is 0.447. The molecule has 0 saturated heterocycles. The minimum absolute atomic E-state index is 0.216. The van der Waals surface area contributed by atoms with Crippen molar-refractivity contribution in [3.63, 3.8) is 0 Å². The molecule has 0 fully saturated rings. The number of nitrogens with zero attached hydrogens (tertiary/aromatic N) is 1. The van der Waals surface area contributed by atoms with Crippen molar-refractivity contribution in [1.29, 1.82) is 5.26 Å². The average Bonchev–Trinajstić information content (AvgIpc) is 2.04. The largest absolute Gasteiger partial charge is 0.461 e. The molecule has 0 aliphatic rings. The zero-order chi connectivity index (χ0) is 8.53. The molecule has 3 nitrogen and oxygen atoms in total. The van der Waals surface area contributed by atoms with Crippen molar-refractivity contribution >= 4 is 5.97 Å². The maximum absolute atomic E-state index is 10.5. The Morgan fingerprint density at radius 2 is 2.36 bits per heavy atom. The van der Waals surface area contributed by atoms with E-state index in [-0.39, 0.29) is 12.6 Å². The molecule has 0 rings (SSSR count). The molecule has 0 heterocycles. The van der Waals surface area contributed by atoms with Crippen LogP contribution in [0, 0.1) is 11.3 Å². The highest BCUT2D eigenvalue weighted by Crippen LogP contribution is 1.86. The van der Waals surface area contributed by atoms with Gasteiger partial charge in [-0.15, -0.1) is 0 Å². The topological polar surface area (TPSA) is 50.1 Å². The fourth-order valence-electron chi connectivity index (χ4n) is 0.447. The van der Waals surface area contributed by atoms with Crippen molar-refractivity contribution in [2.45, 2.75) is 19.8 Å². The van der Waals surface area contributed by atoms with E-state index in [1.165, 1.54) is 0 Å². The molecular weight excluding hydrogens is 142 g/mol. The maximum Gasteiger partial charge on any atom is 0.305 e. The Bertz CT molecular complexity index is 179. The van der Waals surface area contributed by atoms with Gasteiger partial charge in [-0.3, -0.25) is 4.79 Å². The number of rotatable bonds is 4. The summed E-state index contributed by atoms with van der Waals surface area (Å²) in [5.41, 5.74) is 0. The lowest BCUT2D eigenvalue weighted by Crippen LogP contribution is -2.01. The smallest absolute Gasteiger partial charge is 0.305 e. The first-order chi connectivity index (χ1) is 5.31. The quantitative estimate of drug-likeness (QED) is 0.453. The van der Waals surface area contributed by atoms with E-state index in [0.717, 1.165) is 0 Å². The van der Waals surface area contributed by atoms with Crippen LogP contribution in [0.15, 0.2) is 12.2 Å². The van der Waals surface area contributed by atoms with E-state index in [0.29, 0.717) is 12.8 Å². The second-order valence-corrected chi connectivity index (χ2v) is 1.87. The summed E-state index contributed by atoms with van der Waals surface area (Å²) in [4.78, 5) is 10.5. The standard InChI is InChI=1S/C8H11NO2/c1-2-8(10)11-7-5-3-4-6-9/h3,5H,2,4,7H2,1H3/b5-3+. The summed E-state index contributed by atoms with van der Waals surface area (Å²) >= 11 is 0. The molecule has 0 aromatic carbocycles. The molecule has 0 spiro atoms. The predicted molar refractivity (Wildman–Crippen MR) is 40.6 cm³/mol. The van der Waals surface area contributed by atoms with Crippen molar-refractivity contribution in [2.24, 2.45) is 0 Å². The number of hydrogen-bond donors (Lipinski definition) is 0. The SMILES string of the molecule is CCC(=O)OC/C=C/CC#N. The van der Waals surface area contributed by atoms with Gasteiger partial charge in [-0.2, -0.15) is 5.26 Å². The highest BCUT2D eigenvalue weighted by molar-refractivity contribution is 5.68. The van der Waals surface area contributed by atoms with E-state index in [1.54, 1.807) is 19.1 Å². The molecule has 0 atom stereocenters. The van der Waals surface area contributed by atoms with Crippen molar-refractivity contribution in [2.75, 3.05) is 6.61 Å². The van der Waals surface area contributed by atoms with Crippen LogP contribution in [-0.4, -0.2) is 12.6 Å². The van der Waals surface area contributed by atoms with Crippen LogP contribution >= 0.6 is 0 Å². The molecule has 60 valence electrons. The fraction of sp³-hybridized carbons (Fsp3) is 0.500. The molecule has 0 bridgehead atoms. The molecule has 11 heavy (non-hydrogen) atoms. The van der Waals surface area contributed by atoms with E-state index in [2.05, 4.69) is 0 Å². The summed E-state index contributed by atoms with van der Waals surface area (Å²) in [7, 11) is 0. The summed E-state index contributed by atoms with van der Waals surface area (Å²) in [5, 5.41) is 8.11. The Hall–Kier alpha value is -1.30. The molecule has 0 radical (unpaired) electrons. The highest BCUT2D eigenvalue weighted by Gasteiger charge is 1.92. The minimum atomic E-state index is -0.216. The third-order valence-electron chi connectivity index (χ3n) is 1.01. The molecule has 0 aliphatic carbocycles. The summed E-state index contributed by atoms with van der Waals surface area (Å²) < 4.78 is 4.70. The summed E-state index contributed by atoms with van der Waals surface area (Å²) in [6, 6.07) is 1.94. The summed E-state index contributed by atoms with van der Waals surface area (Å²) in [6.07, 6.45) is 4.09. The molecule has 0 unspecified atom stereocenters. The minimum Gasteiger partial charge on any atom is -0.461 e. The van der Waals surface area contributed by atoms with Gasteiger partial charge in [0.1, 0.15) is 6.61 Å². The third kappa shape index (κ3) is 6.59. The Morgan fingerprint density at radius 1 is 1.64 bits per heavy atom. The number of carbonyl (C=O) groups excluding carboxylic acids is 1.